The maximum absolute atomic E-state index is 9.94. The molecule has 0 saturated carbocycles. The minimum atomic E-state index is -0.461. The monoisotopic (exact) mass is 205 g/mol. The van der Waals surface area contributed by atoms with Crippen LogP contribution >= 0.6 is 0 Å². The van der Waals surface area contributed by atoms with E-state index in [0.717, 1.165) is 17.7 Å². The molecule has 0 fully saturated rings. The van der Waals surface area contributed by atoms with Crippen molar-refractivity contribution in [3.05, 3.63) is 35.9 Å². The fourth-order valence-corrected chi connectivity index (χ4v) is 1.76. The van der Waals surface area contributed by atoms with E-state index in [2.05, 4.69) is 5.16 Å². The molecule has 1 aliphatic rings. The van der Waals surface area contributed by atoms with Crippen LogP contribution in [0.25, 0.3) is 0 Å². The fourth-order valence-electron chi connectivity index (χ4n) is 1.76. The second kappa shape index (κ2) is 4.45. The van der Waals surface area contributed by atoms with E-state index in [1.165, 1.54) is 0 Å². The van der Waals surface area contributed by atoms with Crippen molar-refractivity contribution in [2.24, 2.45) is 5.16 Å². The van der Waals surface area contributed by atoms with E-state index in [4.69, 9.17) is 4.84 Å². The molecule has 3 heteroatoms. The smallest absolute Gasteiger partial charge is 0.135 e. The van der Waals surface area contributed by atoms with Gasteiger partial charge in [-0.2, -0.15) is 0 Å². The quantitative estimate of drug-likeness (QED) is 0.822. The highest BCUT2D eigenvalue weighted by atomic mass is 16.6. The van der Waals surface area contributed by atoms with E-state index in [1.54, 1.807) is 0 Å². The van der Waals surface area contributed by atoms with Crippen molar-refractivity contribution in [1.29, 1.82) is 0 Å². The summed E-state index contributed by atoms with van der Waals surface area (Å²) in [6, 6.07) is 9.64. The summed E-state index contributed by atoms with van der Waals surface area (Å²) in [6.07, 6.45) is 0.992. The molecule has 0 aliphatic carbocycles. The van der Waals surface area contributed by atoms with Gasteiger partial charge in [-0.15, -0.1) is 0 Å². The van der Waals surface area contributed by atoms with Crippen molar-refractivity contribution in [1.82, 2.24) is 0 Å². The van der Waals surface area contributed by atoms with Gasteiger partial charge in [0.1, 0.15) is 6.10 Å². The average molecular weight is 205 g/mol. The standard InChI is InChI=1S/C12H15NO2/c1-9-7-11(15-13-9)8-12(14)10-5-3-2-4-6-10/h2-6,11-12,14H,7-8H2,1H3. The zero-order valence-corrected chi connectivity index (χ0v) is 8.76. The molecule has 1 N–H and O–H groups in total. The van der Waals surface area contributed by atoms with Gasteiger partial charge in [0, 0.05) is 12.8 Å². The first-order chi connectivity index (χ1) is 7.25. The van der Waals surface area contributed by atoms with Crippen LogP contribution in [-0.4, -0.2) is 16.9 Å². The average Bonchev–Trinajstić information content (AvgIpc) is 2.65. The summed E-state index contributed by atoms with van der Waals surface area (Å²) in [5.74, 6) is 0. The van der Waals surface area contributed by atoms with Gasteiger partial charge in [0.05, 0.1) is 11.8 Å². The zero-order chi connectivity index (χ0) is 10.7. The molecular weight excluding hydrogens is 190 g/mol. The van der Waals surface area contributed by atoms with Crippen molar-refractivity contribution in [2.75, 3.05) is 0 Å². The number of oxime groups is 1. The van der Waals surface area contributed by atoms with E-state index >= 15 is 0 Å². The van der Waals surface area contributed by atoms with Crippen LogP contribution < -0.4 is 0 Å². The second-order valence-corrected chi connectivity index (χ2v) is 3.92. The van der Waals surface area contributed by atoms with Gasteiger partial charge in [-0.25, -0.2) is 0 Å². The largest absolute Gasteiger partial charge is 0.392 e. The number of nitrogens with zero attached hydrogens (tertiary/aromatic N) is 1. The van der Waals surface area contributed by atoms with Crippen LogP contribution in [0.2, 0.25) is 0 Å². The molecule has 0 radical (unpaired) electrons. The van der Waals surface area contributed by atoms with Gasteiger partial charge in [0.25, 0.3) is 0 Å². The zero-order valence-electron chi connectivity index (χ0n) is 8.76. The van der Waals surface area contributed by atoms with Crippen molar-refractivity contribution in [3.8, 4) is 0 Å². The Balaban J connectivity index is 1.91. The first-order valence-corrected chi connectivity index (χ1v) is 5.18. The second-order valence-electron chi connectivity index (χ2n) is 3.92. The van der Waals surface area contributed by atoms with Crippen LogP contribution in [0.4, 0.5) is 0 Å². The van der Waals surface area contributed by atoms with Crippen molar-refractivity contribution < 1.29 is 9.94 Å². The Kier molecular flexibility index (Phi) is 3.02. The van der Waals surface area contributed by atoms with E-state index in [9.17, 15) is 5.11 Å². The summed E-state index contributed by atoms with van der Waals surface area (Å²) in [6.45, 7) is 1.94. The van der Waals surface area contributed by atoms with E-state index < -0.39 is 6.10 Å². The van der Waals surface area contributed by atoms with Crippen LogP contribution in [0, 0.1) is 0 Å². The Morgan fingerprint density at radius 1 is 1.47 bits per heavy atom. The lowest BCUT2D eigenvalue weighted by atomic mass is 10.0. The summed E-state index contributed by atoms with van der Waals surface area (Å²) in [5, 5.41) is 13.8. The maximum atomic E-state index is 9.94. The number of hydrogen-bond donors (Lipinski definition) is 1. The van der Waals surface area contributed by atoms with Crippen molar-refractivity contribution in [3.63, 3.8) is 0 Å². The normalized spacial score (nSPS) is 22.0. The van der Waals surface area contributed by atoms with Gasteiger partial charge < -0.3 is 9.94 Å². The van der Waals surface area contributed by atoms with Gasteiger partial charge in [0.2, 0.25) is 0 Å². The Labute approximate surface area is 89.4 Å². The molecule has 1 aliphatic heterocycles. The SMILES string of the molecule is CC1=NOC(CC(O)c2ccccc2)C1. The van der Waals surface area contributed by atoms with Gasteiger partial charge in [0.15, 0.2) is 0 Å². The number of hydrogen-bond acceptors (Lipinski definition) is 3. The van der Waals surface area contributed by atoms with Crippen LogP contribution in [0.5, 0.6) is 0 Å². The lowest BCUT2D eigenvalue weighted by Gasteiger charge is -2.14. The topological polar surface area (TPSA) is 41.8 Å². The molecule has 0 bridgehead atoms. The van der Waals surface area contributed by atoms with E-state index in [0.29, 0.717) is 6.42 Å². The molecule has 0 spiro atoms. The summed E-state index contributed by atoms with van der Waals surface area (Å²) < 4.78 is 0. The Morgan fingerprint density at radius 2 is 2.20 bits per heavy atom. The molecule has 2 atom stereocenters. The molecule has 0 saturated heterocycles. The summed E-state index contributed by atoms with van der Waals surface area (Å²) in [4.78, 5) is 5.19. The molecule has 1 aromatic rings. The molecule has 1 heterocycles. The van der Waals surface area contributed by atoms with Crippen LogP contribution in [0.3, 0.4) is 0 Å². The minimum absolute atomic E-state index is 0.0280. The molecule has 2 rings (SSSR count). The number of aliphatic hydroxyl groups is 1. The Hall–Kier alpha value is -1.35. The summed E-state index contributed by atoms with van der Waals surface area (Å²) in [7, 11) is 0. The predicted molar refractivity (Wildman–Crippen MR) is 58.6 cm³/mol. The first-order valence-electron chi connectivity index (χ1n) is 5.18. The third-order valence-corrected chi connectivity index (χ3v) is 2.55. The third-order valence-electron chi connectivity index (χ3n) is 2.55. The van der Waals surface area contributed by atoms with Crippen molar-refractivity contribution in [2.45, 2.75) is 32.0 Å². The van der Waals surface area contributed by atoms with Crippen LogP contribution in [0.15, 0.2) is 35.5 Å². The summed E-state index contributed by atoms with van der Waals surface area (Å²) >= 11 is 0. The third kappa shape index (κ3) is 2.57. The van der Waals surface area contributed by atoms with Gasteiger partial charge in [-0.1, -0.05) is 35.5 Å². The highest BCUT2D eigenvalue weighted by Gasteiger charge is 2.22. The van der Waals surface area contributed by atoms with Crippen LogP contribution in [0.1, 0.15) is 31.4 Å². The van der Waals surface area contributed by atoms with Gasteiger partial charge in [-0.3, -0.25) is 0 Å². The number of aliphatic hydroxyl groups excluding tert-OH is 1. The molecular formula is C12H15NO2. The number of benzene rings is 1. The van der Waals surface area contributed by atoms with Crippen LogP contribution in [-0.2, 0) is 4.84 Å². The molecule has 80 valence electrons. The van der Waals surface area contributed by atoms with E-state index in [1.807, 2.05) is 37.3 Å². The van der Waals surface area contributed by atoms with E-state index in [-0.39, 0.29) is 6.10 Å². The first kappa shape index (κ1) is 10.2. The van der Waals surface area contributed by atoms with Crippen molar-refractivity contribution >= 4 is 5.71 Å². The lowest BCUT2D eigenvalue weighted by Crippen LogP contribution is -2.12. The Morgan fingerprint density at radius 3 is 2.80 bits per heavy atom. The molecule has 0 aromatic heterocycles. The molecule has 15 heavy (non-hydrogen) atoms. The highest BCUT2D eigenvalue weighted by molar-refractivity contribution is 5.82. The van der Waals surface area contributed by atoms with Gasteiger partial charge >= 0.3 is 0 Å². The summed E-state index contributed by atoms with van der Waals surface area (Å²) in [5.41, 5.74) is 1.94. The molecule has 0 amide bonds. The predicted octanol–water partition coefficient (Wildman–Crippen LogP) is 2.27. The van der Waals surface area contributed by atoms with Gasteiger partial charge in [-0.05, 0) is 12.5 Å². The Bertz CT molecular complexity index is 348. The maximum Gasteiger partial charge on any atom is 0.135 e. The fraction of sp³-hybridized carbons (Fsp3) is 0.417. The lowest BCUT2D eigenvalue weighted by molar-refractivity contribution is 0.0363. The minimum Gasteiger partial charge on any atom is -0.392 e. The molecule has 1 aromatic carbocycles. The molecule has 3 nitrogen and oxygen atoms in total. The highest BCUT2D eigenvalue weighted by Crippen LogP contribution is 2.23. The molecule has 2 unspecified atom stereocenters. The number of rotatable bonds is 3.